The van der Waals surface area contributed by atoms with E-state index < -0.39 is 0 Å². The highest BCUT2D eigenvalue weighted by molar-refractivity contribution is 7.17. The van der Waals surface area contributed by atoms with E-state index >= 15 is 0 Å². The van der Waals surface area contributed by atoms with E-state index in [0.29, 0.717) is 24.2 Å². The van der Waals surface area contributed by atoms with Gasteiger partial charge < -0.3 is 4.74 Å². The highest BCUT2D eigenvalue weighted by Gasteiger charge is 2.18. The maximum atomic E-state index is 13.2. The lowest BCUT2D eigenvalue weighted by atomic mass is 9.89. The fourth-order valence-corrected chi connectivity index (χ4v) is 4.77. The van der Waals surface area contributed by atoms with Gasteiger partial charge in [-0.05, 0) is 42.4 Å². The molecule has 0 unspecified atom stereocenters. The second kappa shape index (κ2) is 7.67. The van der Waals surface area contributed by atoms with Gasteiger partial charge in [0.15, 0.2) is 0 Å². The molecule has 0 saturated carbocycles. The summed E-state index contributed by atoms with van der Waals surface area (Å²) >= 11 is 1.52. The molecule has 0 bridgehead atoms. The number of rotatable bonds is 5. The Kier molecular flexibility index (Phi) is 5.11. The van der Waals surface area contributed by atoms with Crippen molar-refractivity contribution >= 4 is 21.6 Å². The van der Waals surface area contributed by atoms with Crippen molar-refractivity contribution in [2.45, 2.75) is 38.6 Å². The van der Waals surface area contributed by atoms with Crippen molar-refractivity contribution in [1.82, 2.24) is 9.55 Å². The largest absolute Gasteiger partial charge is 0.384 e. The van der Waals surface area contributed by atoms with Crippen LogP contribution >= 0.6 is 11.3 Å². The third kappa shape index (κ3) is 3.31. The van der Waals surface area contributed by atoms with E-state index in [1.165, 1.54) is 35.3 Å². The van der Waals surface area contributed by atoms with Crippen LogP contribution in [0, 0.1) is 12.3 Å². The van der Waals surface area contributed by atoms with Crippen molar-refractivity contribution in [2.75, 3.05) is 13.7 Å². The smallest absolute Gasteiger partial charge is 0.263 e. The second-order valence-electron chi connectivity index (χ2n) is 6.89. The molecule has 0 atom stereocenters. The summed E-state index contributed by atoms with van der Waals surface area (Å²) in [6, 6.07) is 6.60. The van der Waals surface area contributed by atoms with E-state index in [-0.39, 0.29) is 12.1 Å². The predicted octanol–water partition coefficient (Wildman–Crippen LogP) is 3.83. The molecule has 1 aromatic carbocycles. The van der Waals surface area contributed by atoms with Crippen molar-refractivity contribution < 1.29 is 4.74 Å². The molecule has 4 rings (SSSR count). The fourth-order valence-electron chi connectivity index (χ4n) is 3.82. The van der Waals surface area contributed by atoms with Crippen LogP contribution in [0.25, 0.3) is 21.3 Å². The van der Waals surface area contributed by atoms with Crippen LogP contribution in [-0.2, 0) is 30.5 Å². The molecule has 0 N–H and O–H groups in total. The van der Waals surface area contributed by atoms with Crippen molar-refractivity contribution in [3.8, 4) is 23.5 Å². The number of thiophene rings is 1. The highest BCUT2D eigenvalue weighted by atomic mass is 32.1. The summed E-state index contributed by atoms with van der Waals surface area (Å²) in [4.78, 5) is 18.7. The molecule has 3 aromatic rings. The molecule has 0 amide bonds. The Morgan fingerprint density at radius 2 is 2.11 bits per heavy atom. The van der Waals surface area contributed by atoms with Gasteiger partial charge in [0.1, 0.15) is 10.7 Å². The van der Waals surface area contributed by atoms with E-state index in [4.69, 9.17) is 16.1 Å². The first kappa shape index (κ1) is 18.0. The zero-order valence-electron chi connectivity index (χ0n) is 15.5. The van der Waals surface area contributed by atoms with E-state index in [9.17, 15) is 4.79 Å². The van der Waals surface area contributed by atoms with Crippen LogP contribution in [0.4, 0.5) is 0 Å². The van der Waals surface area contributed by atoms with E-state index in [0.717, 1.165) is 28.8 Å². The minimum absolute atomic E-state index is 0.0574. The van der Waals surface area contributed by atoms with Gasteiger partial charge in [0.2, 0.25) is 0 Å². The number of hydrogen-bond acceptors (Lipinski definition) is 4. The molecule has 5 heteroatoms. The molecule has 2 heterocycles. The van der Waals surface area contributed by atoms with Crippen LogP contribution in [0.1, 0.15) is 29.8 Å². The Morgan fingerprint density at radius 3 is 2.89 bits per heavy atom. The van der Waals surface area contributed by atoms with Crippen molar-refractivity contribution in [3.05, 3.63) is 50.9 Å². The van der Waals surface area contributed by atoms with Gasteiger partial charge in [0.05, 0.1) is 18.5 Å². The maximum Gasteiger partial charge on any atom is 0.263 e. The minimum atomic E-state index is -0.0574. The molecule has 0 radical (unpaired) electrons. The van der Waals surface area contributed by atoms with Crippen molar-refractivity contribution in [3.63, 3.8) is 0 Å². The average molecular weight is 378 g/mol. The van der Waals surface area contributed by atoms with Crippen molar-refractivity contribution in [1.29, 1.82) is 0 Å². The van der Waals surface area contributed by atoms with Crippen LogP contribution in [0.15, 0.2) is 28.4 Å². The summed E-state index contributed by atoms with van der Waals surface area (Å²) < 4.78 is 6.76. The number of nitrogens with zero attached hydrogens (tertiary/aromatic N) is 2. The third-order valence-electron chi connectivity index (χ3n) is 5.21. The summed E-state index contributed by atoms with van der Waals surface area (Å²) in [6.07, 6.45) is 10.8. The molecule has 138 valence electrons. The van der Waals surface area contributed by atoms with E-state index in [2.05, 4.69) is 24.1 Å². The van der Waals surface area contributed by atoms with Crippen LogP contribution in [-0.4, -0.2) is 23.3 Å². The monoisotopic (exact) mass is 378 g/mol. The van der Waals surface area contributed by atoms with E-state index in [1.54, 1.807) is 11.7 Å². The predicted molar refractivity (Wildman–Crippen MR) is 110 cm³/mol. The van der Waals surface area contributed by atoms with Gasteiger partial charge >= 0.3 is 0 Å². The minimum Gasteiger partial charge on any atom is -0.384 e. The van der Waals surface area contributed by atoms with E-state index in [1.807, 2.05) is 5.38 Å². The SMILES string of the molecule is C#CCn1c(CCOC)nc2scc(-c3ccc4c(c3)CCCC4)c2c1=O. The number of aromatic nitrogens is 2. The van der Waals surface area contributed by atoms with Crippen LogP contribution < -0.4 is 5.56 Å². The Bertz CT molecular complexity index is 1090. The highest BCUT2D eigenvalue weighted by Crippen LogP contribution is 2.33. The first-order valence-corrected chi connectivity index (χ1v) is 10.2. The second-order valence-corrected chi connectivity index (χ2v) is 7.74. The summed E-state index contributed by atoms with van der Waals surface area (Å²) in [6.45, 7) is 0.728. The molecule has 0 saturated heterocycles. The van der Waals surface area contributed by atoms with Crippen LogP contribution in [0.2, 0.25) is 0 Å². The molecule has 0 aliphatic heterocycles. The van der Waals surface area contributed by atoms with Gasteiger partial charge in [-0.2, -0.15) is 0 Å². The standard InChI is InChI=1S/C22H22N2O2S/c1-3-11-24-19(10-12-26-2)23-21-20(22(24)25)18(14-27-21)17-9-8-15-6-4-5-7-16(15)13-17/h1,8-9,13-14H,4-7,10-12H2,2H3. The molecule has 4 nitrogen and oxygen atoms in total. The number of benzene rings is 1. The number of fused-ring (bicyclic) bond motifs is 2. The quantitative estimate of drug-likeness (QED) is 0.634. The molecule has 0 spiro atoms. The third-order valence-corrected chi connectivity index (χ3v) is 6.08. The maximum absolute atomic E-state index is 13.2. The van der Waals surface area contributed by atoms with Gasteiger partial charge in [-0.1, -0.05) is 24.1 Å². The molecular weight excluding hydrogens is 356 g/mol. The topological polar surface area (TPSA) is 44.1 Å². The molecule has 27 heavy (non-hydrogen) atoms. The van der Waals surface area contributed by atoms with Crippen LogP contribution in [0.5, 0.6) is 0 Å². The first-order chi connectivity index (χ1) is 13.2. The van der Waals surface area contributed by atoms with Gasteiger partial charge in [0.25, 0.3) is 5.56 Å². The number of terminal acetylenes is 1. The Labute approximate surface area is 162 Å². The molecule has 2 aromatic heterocycles. The lowest BCUT2D eigenvalue weighted by Crippen LogP contribution is -2.25. The number of ether oxygens (including phenoxy) is 1. The zero-order chi connectivity index (χ0) is 18.8. The van der Waals surface area contributed by atoms with Gasteiger partial charge in [-0.15, -0.1) is 17.8 Å². The number of aryl methyl sites for hydroxylation is 2. The normalized spacial score (nSPS) is 13.5. The average Bonchev–Trinajstić information content (AvgIpc) is 3.12. The van der Waals surface area contributed by atoms with Crippen LogP contribution in [0.3, 0.4) is 0 Å². The lowest BCUT2D eigenvalue weighted by molar-refractivity contribution is 0.199. The fraction of sp³-hybridized carbons (Fsp3) is 0.364. The summed E-state index contributed by atoms with van der Waals surface area (Å²) in [5.41, 5.74) is 4.85. The summed E-state index contributed by atoms with van der Waals surface area (Å²) in [5.74, 6) is 3.27. The Balaban J connectivity index is 1.87. The lowest BCUT2D eigenvalue weighted by Gasteiger charge is -2.16. The van der Waals surface area contributed by atoms with Gasteiger partial charge in [-0.25, -0.2) is 4.98 Å². The number of hydrogen-bond donors (Lipinski definition) is 0. The van der Waals surface area contributed by atoms with Crippen molar-refractivity contribution in [2.24, 2.45) is 0 Å². The van der Waals surface area contributed by atoms with Gasteiger partial charge in [-0.3, -0.25) is 9.36 Å². The molecule has 0 fully saturated rings. The Morgan fingerprint density at radius 1 is 1.30 bits per heavy atom. The Hall–Kier alpha value is -2.42. The molecule has 1 aliphatic carbocycles. The molecular formula is C22H22N2O2S. The first-order valence-electron chi connectivity index (χ1n) is 9.28. The summed E-state index contributed by atoms with van der Waals surface area (Å²) in [7, 11) is 1.64. The van der Waals surface area contributed by atoms with Gasteiger partial charge in [0, 0.05) is 24.5 Å². The molecule has 1 aliphatic rings. The zero-order valence-corrected chi connectivity index (χ0v) is 16.3. The summed E-state index contributed by atoms with van der Waals surface area (Å²) in [5, 5.41) is 2.72. The number of methoxy groups -OCH3 is 1.